The number of aromatic nitrogens is 3. The van der Waals surface area contributed by atoms with Gasteiger partial charge in [-0.05, 0) is 50.6 Å². The van der Waals surface area contributed by atoms with Crippen LogP contribution in [0.25, 0.3) is 11.4 Å². The molecule has 6 heteroatoms. The molecule has 26 heavy (non-hydrogen) atoms. The van der Waals surface area contributed by atoms with Crippen molar-refractivity contribution in [2.24, 2.45) is 0 Å². The highest BCUT2D eigenvalue weighted by atomic mass is 35.5. The third kappa shape index (κ3) is 4.00. The van der Waals surface area contributed by atoms with E-state index in [-0.39, 0.29) is 5.78 Å². The van der Waals surface area contributed by atoms with Crippen LogP contribution in [0.15, 0.2) is 47.6 Å². The van der Waals surface area contributed by atoms with Gasteiger partial charge in [-0.15, -0.1) is 10.2 Å². The third-order valence-electron chi connectivity index (χ3n) is 4.15. The van der Waals surface area contributed by atoms with Crippen molar-refractivity contribution in [2.45, 2.75) is 32.5 Å². The molecule has 0 aliphatic heterocycles. The number of halogens is 1. The van der Waals surface area contributed by atoms with E-state index in [0.29, 0.717) is 10.8 Å². The lowest BCUT2D eigenvalue weighted by molar-refractivity contribution is 0.102. The third-order valence-corrected chi connectivity index (χ3v) is 5.37. The van der Waals surface area contributed by atoms with E-state index in [1.807, 2.05) is 67.8 Å². The largest absolute Gasteiger partial charge is 0.302 e. The van der Waals surface area contributed by atoms with Crippen LogP contribution >= 0.6 is 23.4 Å². The van der Waals surface area contributed by atoms with Crippen LogP contribution in [-0.2, 0) is 6.54 Å². The first-order valence-electron chi connectivity index (χ1n) is 8.42. The predicted octanol–water partition coefficient (Wildman–Crippen LogP) is 5.21. The van der Waals surface area contributed by atoms with Crippen molar-refractivity contribution >= 4 is 29.1 Å². The minimum atomic E-state index is 0.103. The van der Waals surface area contributed by atoms with Crippen LogP contribution in [-0.4, -0.2) is 26.3 Å². The number of nitrogens with zero attached hydrogens (tertiary/aromatic N) is 3. The van der Waals surface area contributed by atoms with Crippen molar-refractivity contribution in [3.05, 3.63) is 64.2 Å². The van der Waals surface area contributed by atoms with Crippen molar-refractivity contribution in [3.8, 4) is 11.4 Å². The maximum atomic E-state index is 12.6. The standard InChI is InChI=1S/C20H20ClN3OS/c1-4-24-19(15-6-8-16(21)9-7-15)22-23-20(24)26-12-18(25)17-10-5-13(2)11-14(17)3/h5-11H,4,12H2,1-3H3. The lowest BCUT2D eigenvalue weighted by Crippen LogP contribution is -2.07. The Morgan fingerprint density at radius 1 is 1.12 bits per heavy atom. The maximum Gasteiger partial charge on any atom is 0.191 e. The quantitative estimate of drug-likeness (QED) is 0.431. The molecule has 3 rings (SSSR count). The number of thioether (sulfide) groups is 1. The summed E-state index contributed by atoms with van der Waals surface area (Å²) in [7, 11) is 0. The summed E-state index contributed by atoms with van der Waals surface area (Å²) in [5, 5.41) is 10.0. The van der Waals surface area contributed by atoms with Crippen LogP contribution in [0.5, 0.6) is 0 Å². The van der Waals surface area contributed by atoms with Gasteiger partial charge in [0, 0.05) is 22.7 Å². The fraction of sp³-hybridized carbons (Fsp3) is 0.250. The highest BCUT2D eigenvalue weighted by Gasteiger charge is 2.16. The molecule has 4 nitrogen and oxygen atoms in total. The Hall–Kier alpha value is -2.11. The summed E-state index contributed by atoms with van der Waals surface area (Å²) >= 11 is 7.38. The molecule has 0 aliphatic carbocycles. The normalized spacial score (nSPS) is 10.9. The first-order valence-corrected chi connectivity index (χ1v) is 9.78. The molecule has 1 heterocycles. The van der Waals surface area contributed by atoms with Gasteiger partial charge < -0.3 is 4.57 Å². The average molecular weight is 386 g/mol. The number of carbonyl (C=O) groups excluding carboxylic acids is 1. The van der Waals surface area contributed by atoms with Gasteiger partial charge in [0.05, 0.1) is 5.75 Å². The molecule has 0 bridgehead atoms. The number of hydrogen-bond acceptors (Lipinski definition) is 4. The highest BCUT2D eigenvalue weighted by Crippen LogP contribution is 2.26. The Kier molecular flexibility index (Phi) is 5.79. The van der Waals surface area contributed by atoms with E-state index in [4.69, 9.17) is 11.6 Å². The second-order valence-corrected chi connectivity index (χ2v) is 7.47. The lowest BCUT2D eigenvalue weighted by atomic mass is 10.0. The summed E-state index contributed by atoms with van der Waals surface area (Å²) < 4.78 is 2.02. The topological polar surface area (TPSA) is 47.8 Å². The number of aryl methyl sites for hydroxylation is 2. The number of benzene rings is 2. The highest BCUT2D eigenvalue weighted by molar-refractivity contribution is 7.99. The van der Waals surface area contributed by atoms with Crippen LogP contribution in [0.3, 0.4) is 0 Å². The summed E-state index contributed by atoms with van der Waals surface area (Å²) in [6, 6.07) is 13.4. The van der Waals surface area contributed by atoms with Crippen LogP contribution in [0.1, 0.15) is 28.4 Å². The molecule has 0 radical (unpaired) electrons. The molecule has 0 saturated heterocycles. The zero-order valence-corrected chi connectivity index (χ0v) is 16.6. The van der Waals surface area contributed by atoms with Gasteiger partial charge in [-0.1, -0.05) is 47.1 Å². The zero-order valence-electron chi connectivity index (χ0n) is 15.0. The van der Waals surface area contributed by atoms with E-state index in [9.17, 15) is 4.79 Å². The predicted molar refractivity (Wildman–Crippen MR) is 107 cm³/mol. The molecule has 0 N–H and O–H groups in total. The Balaban J connectivity index is 1.78. The SMILES string of the molecule is CCn1c(SCC(=O)c2ccc(C)cc2C)nnc1-c1ccc(Cl)cc1. The molecule has 2 aromatic carbocycles. The van der Waals surface area contributed by atoms with Gasteiger partial charge in [0.25, 0.3) is 0 Å². The molecular weight excluding hydrogens is 366 g/mol. The van der Waals surface area contributed by atoms with Gasteiger partial charge in [-0.3, -0.25) is 4.79 Å². The number of hydrogen-bond donors (Lipinski definition) is 0. The molecular formula is C20H20ClN3OS. The summed E-state index contributed by atoms with van der Waals surface area (Å²) in [5.41, 5.74) is 3.89. The molecule has 0 unspecified atom stereocenters. The average Bonchev–Trinajstić information content (AvgIpc) is 3.03. The Labute approximate surface area is 162 Å². The number of rotatable bonds is 6. The van der Waals surface area contributed by atoms with Gasteiger partial charge in [0.2, 0.25) is 0 Å². The minimum absolute atomic E-state index is 0.103. The first-order chi connectivity index (χ1) is 12.5. The van der Waals surface area contributed by atoms with E-state index >= 15 is 0 Å². The number of ketones is 1. The molecule has 134 valence electrons. The lowest BCUT2D eigenvalue weighted by Gasteiger charge is -2.08. The first kappa shape index (κ1) is 18.7. The van der Waals surface area contributed by atoms with Gasteiger partial charge in [0.1, 0.15) is 0 Å². The zero-order chi connectivity index (χ0) is 18.7. The van der Waals surface area contributed by atoms with Crippen LogP contribution in [0.4, 0.5) is 0 Å². The van der Waals surface area contributed by atoms with E-state index < -0.39 is 0 Å². The van der Waals surface area contributed by atoms with E-state index in [1.54, 1.807) is 0 Å². The van der Waals surface area contributed by atoms with Crippen molar-refractivity contribution in [2.75, 3.05) is 5.75 Å². The van der Waals surface area contributed by atoms with Crippen LogP contribution < -0.4 is 0 Å². The van der Waals surface area contributed by atoms with Gasteiger partial charge in [-0.25, -0.2) is 0 Å². The maximum absolute atomic E-state index is 12.6. The van der Waals surface area contributed by atoms with Crippen LogP contribution in [0, 0.1) is 13.8 Å². The molecule has 0 amide bonds. The van der Waals surface area contributed by atoms with E-state index in [2.05, 4.69) is 10.2 Å². The molecule has 3 aromatic rings. The fourth-order valence-corrected chi connectivity index (χ4v) is 3.84. The van der Waals surface area contributed by atoms with Crippen molar-refractivity contribution in [1.82, 2.24) is 14.8 Å². The second kappa shape index (κ2) is 8.06. The van der Waals surface area contributed by atoms with E-state index in [1.165, 1.54) is 11.8 Å². The Bertz CT molecular complexity index is 935. The number of carbonyl (C=O) groups is 1. The summed E-state index contributed by atoms with van der Waals surface area (Å²) in [6.07, 6.45) is 0. The molecule has 0 aliphatic rings. The van der Waals surface area contributed by atoms with Gasteiger partial charge >= 0.3 is 0 Å². The molecule has 0 fully saturated rings. The summed E-state index contributed by atoms with van der Waals surface area (Å²) in [5.74, 6) is 1.22. The van der Waals surface area contributed by atoms with Crippen molar-refractivity contribution in [1.29, 1.82) is 0 Å². The van der Waals surface area contributed by atoms with Crippen LogP contribution in [0.2, 0.25) is 5.02 Å². The van der Waals surface area contributed by atoms with Gasteiger partial charge in [0.15, 0.2) is 16.8 Å². The monoisotopic (exact) mass is 385 g/mol. The van der Waals surface area contributed by atoms with Crippen molar-refractivity contribution in [3.63, 3.8) is 0 Å². The van der Waals surface area contributed by atoms with E-state index in [0.717, 1.165) is 39.8 Å². The Morgan fingerprint density at radius 2 is 1.85 bits per heavy atom. The second-order valence-electron chi connectivity index (χ2n) is 6.09. The van der Waals surface area contributed by atoms with Crippen molar-refractivity contribution < 1.29 is 4.79 Å². The molecule has 0 saturated carbocycles. The fourth-order valence-electron chi connectivity index (χ4n) is 2.83. The smallest absolute Gasteiger partial charge is 0.191 e. The number of Topliss-reactive ketones (excluding diaryl/α,β-unsaturated/α-hetero) is 1. The molecule has 0 spiro atoms. The molecule has 0 atom stereocenters. The van der Waals surface area contributed by atoms with Gasteiger partial charge in [-0.2, -0.15) is 0 Å². The Morgan fingerprint density at radius 3 is 2.50 bits per heavy atom. The minimum Gasteiger partial charge on any atom is -0.302 e. The summed E-state index contributed by atoms with van der Waals surface area (Å²) in [6.45, 7) is 6.76. The molecule has 1 aromatic heterocycles. The summed E-state index contributed by atoms with van der Waals surface area (Å²) in [4.78, 5) is 12.6.